The first-order valence-corrected chi connectivity index (χ1v) is 8.67. The summed E-state index contributed by atoms with van der Waals surface area (Å²) in [5, 5.41) is 12.2. The van der Waals surface area contributed by atoms with Gasteiger partial charge in [-0.2, -0.15) is 0 Å². The third-order valence-corrected chi connectivity index (χ3v) is 4.97. The lowest BCUT2D eigenvalue weighted by Gasteiger charge is -2.31. The van der Waals surface area contributed by atoms with Gasteiger partial charge in [0.1, 0.15) is 17.9 Å². The minimum Gasteiger partial charge on any atom is -0.361 e. The van der Waals surface area contributed by atoms with Crippen LogP contribution in [0.3, 0.4) is 0 Å². The van der Waals surface area contributed by atoms with Crippen molar-refractivity contribution in [1.29, 1.82) is 0 Å². The Morgan fingerprint density at radius 1 is 1.33 bits per heavy atom. The molecule has 2 aromatic rings. The first kappa shape index (κ1) is 16.7. The maximum atomic E-state index is 12.5. The molecule has 1 saturated heterocycles. The number of hydrogen-bond acceptors (Lipinski definition) is 5. The van der Waals surface area contributed by atoms with E-state index in [9.17, 15) is 4.79 Å². The summed E-state index contributed by atoms with van der Waals surface area (Å²) in [5.74, 6) is 2.49. The van der Waals surface area contributed by atoms with E-state index < -0.39 is 0 Å². The lowest BCUT2D eigenvalue weighted by molar-refractivity contribution is -0.132. The van der Waals surface area contributed by atoms with Crippen LogP contribution >= 0.6 is 0 Å². The van der Waals surface area contributed by atoms with E-state index in [0.29, 0.717) is 18.8 Å². The number of aromatic nitrogens is 4. The van der Waals surface area contributed by atoms with E-state index in [-0.39, 0.29) is 5.91 Å². The van der Waals surface area contributed by atoms with Crippen molar-refractivity contribution in [2.75, 3.05) is 13.1 Å². The summed E-state index contributed by atoms with van der Waals surface area (Å²) in [6.07, 6.45) is 4.91. The SMILES string of the molecule is CCn1cnnc1C1CCN(C(=O)CCc2c(C)noc2C)CC1. The Kier molecular flexibility index (Phi) is 4.97. The molecule has 3 heterocycles. The van der Waals surface area contributed by atoms with Crippen LogP contribution in [0.15, 0.2) is 10.9 Å². The molecule has 0 aliphatic carbocycles. The van der Waals surface area contributed by atoms with Crippen LogP contribution in [0.5, 0.6) is 0 Å². The van der Waals surface area contributed by atoms with Crippen molar-refractivity contribution in [3.8, 4) is 0 Å². The van der Waals surface area contributed by atoms with E-state index in [0.717, 1.165) is 55.3 Å². The van der Waals surface area contributed by atoms with Crippen molar-refractivity contribution in [3.63, 3.8) is 0 Å². The van der Waals surface area contributed by atoms with Crippen LogP contribution in [0.25, 0.3) is 0 Å². The molecule has 7 nitrogen and oxygen atoms in total. The van der Waals surface area contributed by atoms with Crippen LogP contribution in [-0.4, -0.2) is 43.8 Å². The molecule has 1 aliphatic heterocycles. The van der Waals surface area contributed by atoms with Crippen molar-refractivity contribution in [2.24, 2.45) is 0 Å². The highest BCUT2D eigenvalue weighted by atomic mass is 16.5. The van der Waals surface area contributed by atoms with E-state index >= 15 is 0 Å². The summed E-state index contributed by atoms with van der Waals surface area (Å²) in [4.78, 5) is 14.4. The molecule has 0 radical (unpaired) electrons. The maximum Gasteiger partial charge on any atom is 0.222 e. The molecule has 7 heteroatoms. The second kappa shape index (κ2) is 7.15. The van der Waals surface area contributed by atoms with Gasteiger partial charge in [-0.25, -0.2) is 0 Å². The average Bonchev–Trinajstić information content (AvgIpc) is 3.20. The van der Waals surface area contributed by atoms with Gasteiger partial charge in [0.15, 0.2) is 0 Å². The zero-order valence-corrected chi connectivity index (χ0v) is 14.7. The Balaban J connectivity index is 1.52. The monoisotopic (exact) mass is 331 g/mol. The van der Waals surface area contributed by atoms with Crippen molar-refractivity contribution >= 4 is 5.91 Å². The predicted molar refractivity (Wildman–Crippen MR) is 88.5 cm³/mol. The summed E-state index contributed by atoms with van der Waals surface area (Å²) in [5.41, 5.74) is 1.95. The smallest absolute Gasteiger partial charge is 0.222 e. The zero-order chi connectivity index (χ0) is 17.1. The number of aryl methyl sites for hydroxylation is 3. The first-order chi connectivity index (χ1) is 11.6. The number of carbonyl (C=O) groups excluding carboxylic acids is 1. The van der Waals surface area contributed by atoms with Crippen molar-refractivity contribution < 1.29 is 9.32 Å². The highest BCUT2D eigenvalue weighted by Gasteiger charge is 2.26. The molecule has 0 atom stereocenters. The second-order valence-corrected chi connectivity index (χ2v) is 6.43. The predicted octanol–water partition coefficient (Wildman–Crippen LogP) is 2.24. The summed E-state index contributed by atoms with van der Waals surface area (Å²) in [6.45, 7) is 8.39. The Morgan fingerprint density at radius 2 is 2.08 bits per heavy atom. The minimum absolute atomic E-state index is 0.213. The van der Waals surface area contributed by atoms with Crippen LogP contribution in [-0.2, 0) is 17.8 Å². The van der Waals surface area contributed by atoms with Gasteiger partial charge in [0.05, 0.1) is 5.69 Å². The molecule has 0 aromatic carbocycles. The Hall–Kier alpha value is -2.18. The van der Waals surface area contributed by atoms with Gasteiger partial charge >= 0.3 is 0 Å². The summed E-state index contributed by atoms with van der Waals surface area (Å²) in [6, 6.07) is 0. The molecule has 0 N–H and O–H groups in total. The molecular formula is C17H25N5O2. The van der Waals surface area contributed by atoms with Gasteiger partial charge in [-0.05, 0) is 40.0 Å². The number of piperidine rings is 1. The second-order valence-electron chi connectivity index (χ2n) is 6.43. The number of carbonyl (C=O) groups is 1. The van der Waals surface area contributed by atoms with Gasteiger partial charge in [0, 0.05) is 37.5 Å². The normalized spacial score (nSPS) is 15.9. The lowest BCUT2D eigenvalue weighted by Crippen LogP contribution is -2.38. The highest BCUT2D eigenvalue weighted by Crippen LogP contribution is 2.27. The Morgan fingerprint density at radius 3 is 2.71 bits per heavy atom. The molecule has 0 bridgehead atoms. The van der Waals surface area contributed by atoms with E-state index in [2.05, 4.69) is 26.8 Å². The molecule has 1 amide bonds. The largest absolute Gasteiger partial charge is 0.361 e. The van der Waals surface area contributed by atoms with Crippen LogP contribution < -0.4 is 0 Å². The third kappa shape index (κ3) is 3.34. The fourth-order valence-electron chi connectivity index (χ4n) is 3.46. The third-order valence-electron chi connectivity index (χ3n) is 4.97. The summed E-state index contributed by atoms with van der Waals surface area (Å²) in [7, 11) is 0. The fraction of sp³-hybridized carbons (Fsp3) is 0.647. The van der Waals surface area contributed by atoms with Crippen LogP contribution in [0.2, 0.25) is 0 Å². The molecule has 3 rings (SSSR count). The topological polar surface area (TPSA) is 77.1 Å². The van der Waals surface area contributed by atoms with Crippen molar-refractivity contribution in [2.45, 2.75) is 58.9 Å². The van der Waals surface area contributed by atoms with Gasteiger partial charge in [-0.1, -0.05) is 5.16 Å². The molecule has 0 saturated carbocycles. The van der Waals surface area contributed by atoms with Gasteiger partial charge in [0.2, 0.25) is 5.91 Å². The van der Waals surface area contributed by atoms with Gasteiger partial charge < -0.3 is 14.0 Å². The van der Waals surface area contributed by atoms with E-state index in [1.807, 2.05) is 18.7 Å². The molecule has 1 fully saturated rings. The minimum atomic E-state index is 0.213. The van der Waals surface area contributed by atoms with Gasteiger partial charge in [0.25, 0.3) is 0 Å². The first-order valence-electron chi connectivity index (χ1n) is 8.67. The average molecular weight is 331 g/mol. The van der Waals surface area contributed by atoms with Crippen LogP contribution in [0.1, 0.15) is 54.9 Å². The Bertz CT molecular complexity index is 678. The van der Waals surface area contributed by atoms with Crippen LogP contribution in [0.4, 0.5) is 0 Å². The number of rotatable bonds is 5. The van der Waals surface area contributed by atoms with Crippen LogP contribution in [0, 0.1) is 13.8 Å². The number of amides is 1. The molecular weight excluding hydrogens is 306 g/mol. The van der Waals surface area contributed by atoms with Crippen molar-refractivity contribution in [1.82, 2.24) is 24.8 Å². The fourth-order valence-corrected chi connectivity index (χ4v) is 3.46. The summed E-state index contributed by atoms with van der Waals surface area (Å²) >= 11 is 0. The van der Waals surface area contributed by atoms with Gasteiger partial charge in [-0.15, -0.1) is 10.2 Å². The van der Waals surface area contributed by atoms with E-state index in [1.54, 1.807) is 6.33 Å². The molecule has 0 unspecified atom stereocenters. The number of hydrogen-bond donors (Lipinski definition) is 0. The standard InChI is InChI=1S/C17H25N5O2/c1-4-21-11-18-19-17(21)14-7-9-22(10-8-14)16(23)6-5-15-12(2)20-24-13(15)3/h11,14H,4-10H2,1-3H3. The molecule has 1 aliphatic rings. The highest BCUT2D eigenvalue weighted by molar-refractivity contribution is 5.76. The molecule has 24 heavy (non-hydrogen) atoms. The van der Waals surface area contributed by atoms with Crippen molar-refractivity contribution in [3.05, 3.63) is 29.2 Å². The molecule has 0 spiro atoms. The van der Waals surface area contributed by atoms with Gasteiger partial charge in [-0.3, -0.25) is 4.79 Å². The number of likely N-dealkylation sites (tertiary alicyclic amines) is 1. The van der Waals surface area contributed by atoms with E-state index in [1.165, 1.54) is 0 Å². The lowest BCUT2D eigenvalue weighted by atomic mass is 9.95. The summed E-state index contributed by atoms with van der Waals surface area (Å²) < 4.78 is 7.26. The molecule has 130 valence electrons. The maximum absolute atomic E-state index is 12.5. The zero-order valence-electron chi connectivity index (χ0n) is 14.7. The quantitative estimate of drug-likeness (QED) is 0.840. The number of nitrogens with zero attached hydrogens (tertiary/aromatic N) is 5. The van der Waals surface area contributed by atoms with E-state index in [4.69, 9.17) is 4.52 Å². The molecule has 2 aromatic heterocycles. The Labute approximate surface area is 142 Å².